The van der Waals surface area contributed by atoms with E-state index in [1.807, 2.05) is 30.3 Å². The maximum Gasteiger partial charge on any atom is 0.252 e. The Labute approximate surface area is 148 Å². The molecule has 0 bridgehead atoms. The quantitative estimate of drug-likeness (QED) is 0.811. The molecule has 25 heavy (non-hydrogen) atoms. The summed E-state index contributed by atoms with van der Waals surface area (Å²) in [5.74, 6) is 0.751. The number of aromatic nitrogens is 1. The minimum absolute atomic E-state index is 0.0870. The van der Waals surface area contributed by atoms with Gasteiger partial charge in [-0.3, -0.25) is 9.78 Å². The fourth-order valence-electron chi connectivity index (χ4n) is 3.16. The molecule has 0 atom stereocenters. The van der Waals surface area contributed by atoms with Gasteiger partial charge < -0.3 is 15.4 Å². The van der Waals surface area contributed by atoms with E-state index in [0.717, 1.165) is 23.4 Å². The molecular formula is C20H25N3O2. The summed E-state index contributed by atoms with van der Waals surface area (Å²) < 4.78 is 5.15. The smallest absolute Gasteiger partial charge is 0.252 e. The summed E-state index contributed by atoms with van der Waals surface area (Å²) in [7, 11) is 1.65. The Morgan fingerprint density at radius 2 is 1.96 bits per heavy atom. The van der Waals surface area contributed by atoms with E-state index in [-0.39, 0.29) is 5.91 Å². The van der Waals surface area contributed by atoms with Crippen LogP contribution in [0.3, 0.4) is 0 Å². The monoisotopic (exact) mass is 339 g/mol. The number of methoxy groups -OCH3 is 1. The molecule has 2 aromatic rings. The Hall–Kier alpha value is -2.56. The van der Waals surface area contributed by atoms with E-state index >= 15 is 0 Å². The molecule has 1 saturated carbocycles. The number of carbonyl (C=O) groups excluding carboxylic acids is 1. The lowest BCUT2D eigenvalue weighted by molar-refractivity contribution is 0.0954. The van der Waals surface area contributed by atoms with Gasteiger partial charge >= 0.3 is 0 Å². The van der Waals surface area contributed by atoms with Gasteiger partial charge in [-0.05, 0) is 43.0 Å². The van der Waals surface area contributed by atoms with Crippen molar-refractivity contribution in [3.8, 4) is 5.75 Å². The van der Waals surface area contributed by atoms with E-state index in [4.69, 9.17) is 4.74 Å². The molecule has 1 aromatic carbocycles. The summed E-state index contributed by atoms with van der Waals surface area (Å²) >= 11 is 0. The Balaban J connectivity index is 1.50. The van der Waals surface area contributed by atoms with Crippen LogP contribution >= 0.6 is 0 Å². The number of hydrogen-bond donors (Lipinski definition) is 2. The zero-order chi connectivity index (χ0) is 17.5. The van der Waals surface area contributed by atoms with E-state index in [9.17, 15) is 4.79 Å². The molecule has 1 aromatic heterocycles. The molecule has 0 spiro atoms. The van der Waals surface area contributed by atoms with Gasteiger partial charge in [-0.15, -0.1) is 0 Å². The summed E-state index contributed by atoms with van der Waals surface area (Å²) in [6.07, 6.45) is 9.11. The average Bonchev–Trinajstić information content (AvgIpc) is 3.15. The van der Waals surface area contributed by atoms with Crippen molar-refractivity contribution in [3.63, 3.8) is 0 Å². The first kappa shape index (κ1) is 17.3. The molecule has 1 amide bonds. The van der Waals surface area contributed by atoms with E-state index in [0.29, 0.717) is 18.2 Å². The molecule has 0 saturated heterocycles. The number of benzene rings is 1. The first-order valence-electron chi connectivity index (χ1n) is 8.87. The van der Waals surface area contributed by atoms with E-state index in [1.54, 1.807) is 19.5 Å². The lowest BCUT2D eigenvalue weighted by Gasteiger charge is -2.13. The fraction of sp³-hybridized carbons (Fsp3) is 0.400. The Morgan fingerprint density at radius 1 is 1.20 bits per heavy atom. The van der Waals surface area contributed by atoms with Crippen LogP contribution < -0.4 is 15.4 Å². The largest absolute Gasteiger partial charge is 0.497 e. The highest BCUT2D eigenvalue weighted by atomic mass is 16.5. The molecule has 2 N–H and O–H groups in total. The van der Waals surface area contributed by atoms with Crippen molar-refractivity contribution < 1.29 is 9.53 Å². The molecule has 0 aliphatic heterocycles. The lowest BCUT2D eigenvalue weighted by atomic mass is 10.1. The van der Waals surface area contributed by atoms with Crippen molar-refractivity contribution in [3.05, 3.63) is 53.9 Å². The van der Waals surface area contributed by atoms with Crippen molar-refractivity contribution in [2.45, 2.75) is 38.1 Å². The minimum atomic E-state index is -0.0870. The first-order chi connectivity index (χ1) is 12.2. The van der Waals surface area contributed by atoms with Crippen LogP contribution in [0.4, 0.5) is 5.69 Å². The van der Waals surface area contributed by atoms with Crippen molar-refractivity contribution >= 4 is 11.6 Å². The molecule has 1 aliphatic rings. The predicted molar refractivity (Wildman–Crippen MR) is 99.1 cm³/mol. The third-order valence-electron chi connectivity index (χ3n) is 4.58. The van der Waals surface area contributed by atoms with E-state index in [1.165, 1.54) is 25.7 Å². The highest BCUT2D eigenvalue weighted by Gasteiger charge is 2.15. The summed E-state index contributed by atoms with van der Waals surface area (Å²) in [6, 6.07) is 10.3. The van der Waals surface area contributed by atoms with Crippen LogP contribution in [-0.2, 0) is 6.42 Å². The first-order valence-corrected chi connectivity index (χ1v) is 8.87. The van der Waals surface area contributed by atoms with Crippen LogP contribution in [0.1, 0.15) is 41.6 Å². The second-order valence-electron chi connectivity index (χ2n) is 6.44. The molecule has 132 valence electrons. The molecule has 1 aliphatic carbocycles. The van der Waals surface area contributed by atoms with Crippen LogP contribution in [0.15, 0.2) is 42.7 Å². The Kier molecular flexibility index (Phi) is 5.88. The molecule has 5 heteroatoms. The predicted octanol–water partition coefficient (Wildman–Crippen LogP) is 3.42. The molecule has 0 unspecified atom stereocenters. The summed E-state index contributed by atoms with van der Waals surface area (Å²) in [4.78, 5) is 16.5. The molecule has 5 nitrogen and oxygen atoms in total. The van der Waals surface area contributed by atoms with Crippen LogP contribution in [0.5, 0.6) is 5.75 Å². The van der Waals surface area contributed by atoms with Crippen molar-refractivity contribution in [2.75, 3.05) is 19.0 Å². The van der Waals surface area contributed by atoms with Gasteiger partial charge in [0.15, 0.2) is 0 Å². The number of nitrogens with one attached hydrogen (secondary N) is 2. The third-order valence-corrected chi connectivity index (χ3v) is 4.58. The Bertz CT molecular complexity index is 694. The number of nitrogens with zero attached hydrogens (tertiary/aromatic N) is 1. The van der Waals surface area contributed by atoms with Gasteiger partial charge in [-0.25, -0.2) is 0 Å². The second-order valence-corrected chi connectivity index (χ2v) is 6.44. The molecule has 1 fully saturated rings. The van der Waals surface area contributed by atoms with E-state index < -0.39 is 0 Å². The minimum Gasteiger partial charge on any atom is -0.497 e. The van der Waals surface area contributed by atoms with Crippen LogP contribution in [0.25, 0.3) is 0 Å². The maximum atomic E-state index is 12.3. The van der Waals surface area contributed by atoms with Crippen molar-refractivity contribution in [1.82, 2.24) is 10.3 Å². The number of amides is 1. The number of pyridine rings is 1. The average molecular weight is 339 g/mol. The molecular weight excluding hydrogens is 314 g/mol. The topological polar surface area (TPSA) is 63.2 Å². The van der Waals surface area contributed by atoms with Gasteiger partial charge in [0.1, 0.15) is 5.75 Å². The highest BCUT2D eigenvalue weighted by molar-refractivity contribution is 5.94. The maximum absolute atomic E-state index is 12.3. The number of carbonyl (C=O) groups is 1. The zero-order valence-corrected chi connectivity index (χ0v) is 14.6. The molecule has 3 rings (SSSR count). The molecule has 0 radical (unpaired) electrons. The van der Waals surface area contributed by atoms with Crippen LogP contribution in [0, 0.1) is 0 Å². The lowest BCUT2D eigenvalue weighted by Crippen LogP contribution is -2.26. The van der Waals surface area contributed by atoms with Gasteiger partial charge in [-0.2, -0.15) is 0 Å². The van der Waals surface area contributed by atoms with Crippen molar-refractivity contribution in [2.24, 2.45) is 0 Å². The summed E-state index contributed by atoms with van der Waals surface area (Å²) in [6.45, 7) is 0.589. The number of ether oxygens (including phenoxy) is 1. The van der Waals surface area contributed by atoms with Gasteiger partial charge in [0.05, 0.1) is 18.4 Å². The van der Waals surface area contributed by atoms with Gasteiger partial charge in [0, 0.05) is 25.0 Å². The highest BCUT2D eigenvalue weighted by Crippen LogP contribution is 2.22. The SMILES string of the molecule is COc1ccc(CCNC(=O)c2cncc(NC3CCCC3)c2)cc1. The zero-order valence-electron chi connectivity index (χ0n) is 14.6. The number of rotatable bonds is 7. The second kappa shape index (κ2) is 8.51. The fourth-order valence-corrected chi connectivity index (χ4v) is 3.16. The van der Waals surface area contributed by atoms with Gasteiger partial charge in [0.25, 0.3) is 5.91 Å². The van der Waals surface area contributed by atoms with Crippen LogP contribution in [-0.4, -0.2) is 30.6 Å². The summed E-state index contributed by atoms with van der Waals surface area (Å²) in [5.41, 5.74) is 2.68. The number of anilines is 1. The van der Waals surface area contributed by atoms with Gasteiger partial charge in [-0.1, -0.05) is 25.0 Å². The third kappa shape index (κ3) is 4.95. The van der Waals surface area contributed by atoms with E-state index in [2.05, 4.69) is 15.6 Å². The summed E-state index contributed by atoms with van der Waals surface area (Å²) in [5, 5.41) is 6.43. The normalized spacial score (nSPS) is 14.3. The standard InChI is InChI=1S/C20H25N3O2/c1-25-19-8-6-15(7-9-19)10-11-22-20(24)16-12-18(14-21-13-16)23-17-4-2-3-5-17/h6-9,12-14,17,23H,2-5,10-11H2,1H3,(H,22,24). The Morgan fingerprint density at radius 3 is 2.68 bits per heavy atom. The van der Waals surface area contributed by atoms with Crippen molar-refractivity contribution in [1.29, 1.82) is 0 Å². The number of hydrogen-bond acceptors (Lipinski definition) is 4. The van der Waals surface area contributed by atoms with Crippen LogP contribution in [0.2, 0.25) is 0 Å². The van der Waals surface area contributed by atoms with Gasteiger partial charge in [0.2, 0.25) is 0 Å². The molecule has 1 heterocycles.